The van der Waals surface area contributed by atoms with Crippen molar-refractivity contribution in [3.05, 3.63) is 30.0 Å². The Morgan fingerprint density at radius 1 is 1.41 bits per heavy atom. The summed E-state index contributed by atoms with van der Waals surface area (Å²) in [7, 11) is 0. The van der Waals surface area contributed by atoms with Crippen molar-refractivity contribution in [1.29, 1.82) is 0 Å². The number of benzene rings is 1. The standard InChI is InChI=1S/C12H14N4O/c17-12(14-8-5-6-13-7-8)11-9-3-1-2-4-10(9)15-16-11/h1-4,8,13H,5-7H2,(H,14,17)(H,15,16)/t8-/m0/s1. The molecule has 5 heteroatoms. The van der Waals surface area contributed by atoms with Crippen LogP contribution in [0.1, 0.15) is 16.9 Å². The van der Waals surface area contributed by atoms with Gasteiger partial charge in [0.1, 0.15) is 0 Å². The molecular weight excluding hydrogens is 216 g/mol. The molecule has 0 aliphatic carbocycles. The van der Waals surface area contributed by atoms with Crippen LogP contribution in [-0.2, 0) is 0 Å². The van der Waals surface area contributed by atoms with Crippen LogP contribution < -0.4 is 10.6 Å². The van der Waals surface area contributed by atoms with E-state index in [2.05, 4.69) is 20.8 Å². The van der Waals surface area contributed by atoms with Crippen LogP contribution in [-0.4, -0.2) is 35.2 Å². The summed E-state index contributed by atoms with van der Waals surface area (Å²) in [6.45, 7) is 1.81. The Morgan fingerprint density at radius 2 is 2.29 bits per heavy atom. The molecule has 1 fully saturated rings. The van der Waals surface area contributed by atoms with Gasteiger partial charge in [0.15, 0.2) is 5.69 Å². The number of para-hydroxylation sites is 1. The molecule has 1 amide bonds. The lowest BCUT2D eigenvalue weighted by molar-refractivity contribution is 0.0936. The van der Waals surface area contributed by atoms with Gasteiger partial charge in [0.2, 0.25) is 0 Å². The molecule has 0 saturated carbocycles. The van der Waals surface area contributed by atoms with E-state index in [1.54, 1.807) is 0 Å². The molecule has 1 aromatic carbocycles. The van der Waals surface area contributed by atoms with Crippen molar-refractivity contribution in [3.8, 4) is 0 Å². The quantitative estimate of drug-likeness (QED) is 0.709. The van der Waals surface area contributed by atoms with Crippen LogP contribution in [0.2, 0.25) is 0 Å². The number of rotatable bonds is 2. The summed E-state index contributed by atoms with van der Waals surface area (Å²) in [5, 5.41) is 14.0. The molecule has 5 nitrogen and oxygen atoms in total. The Hall–Kier alpha value is -1.88. The molecule has 3 rings (SSSR count). The van der Waals surface area contributed by atoms with Gasteiger partial charge in [-0.15, -0.1) is 0 Å². The van der Waals surface area contributed by atoms with Gasteiger partial charge in [0.05, 0.1) is 5.52 Å². The zero-order chi connectivity index (χ0) is 11.7. The van der Waals surface area contributed by atoms with E-state index in [0.29, 0.717) is 5.69 Å². The number of aromatic nitrogens is 2. The number of nitrogens with one attached hydrogen (secondary N) is 3. The fourth-order valence-electron chi connectivity index (χ4n) is 2.17. The monoisotopic (exact) mass is 230 g/mol. The molecule has 1 aliphatic rings. The van der Waals surface area contributed by atoms with E-state index in [-0.39, 0.29) is 11.9 Å². The number of amides is 1. The van der Waals surface area contributed by atoms with Crippen LogP contribution >= 0.6 is 0 Å². The molecule has 0 unspecified atom stereocenters. The molecule has 1 aliphatic heterocycles. The van der Waals surface area contributed by atoms with Crippen molar-refractivity contribution in [1.82, 2.24) is 20.8 Å². The molecule has 1 saturated heterocycles. The van der Waals surface area contributed by atoms with Gasteiger partial charge in [0, 0.05) is 18.0 Å². The maximum absolute atomic E-state index is 12.1. The van der Waals surface area contributed by atoms with Crippen LogP contribution in [0.25, 0.3) is 10.9 Å². The number of carbonyl (C=O) groups excluding carboxylic acids is 1. The lowest BCUT2D eigenvalue weighted by atomic mass is 10.2. The van der Waals surface area contributed by atoms with Crippen molar-refractivity contribution >= 4 is 16.8 Å². The fraction of sp³-hybridized carbons (Fsp3) is 0.333. The summed E-state index contributed by atoms with van der Waals surface area (Å²) >= 11 is 0. The number of aromatic amines is 1. The molecule has 1 aromatic heterocycles. The summed E-state index contributed by atoms with van der Waals surface area (Å²) in [4.78, 5) is 12.1. The Bertz CT molecular complexity index is 542. The molecule has 1 atom stereocenters. The Balaban J connectivity index is 1.85. The lowest BCUT2D eigenvalue weighted by Gasteiger charge is -2.09. The molecule has 17 heavy (non-hydrogen) atoms. The van der Waals surface area contributed by atoms with Crippen molar-refractivity contribution in [2.24, 2.45) is 0 Å². The molecule has 0 bridgehead atoms. The molecule has 88 valence electrons. The summed E-state index contributed by atoms with van der Waals surface area (Å²) in [6.07, 6.45) is 0.980. The van der Waals surface area contributed by atoms with Gasteiger partial charge in [-0.05, 0) is 19.0 Å². The van der Waals surface area contributed by atoms with E-state index in [9.17, 15) is 4.79 Å². The fourth-order valence-corrected chi connectivity index (χ4v) is 2.17. The van der Waals surface area contributed by atoms with E-state index in [1.807, 2.05) is 24.3 Å². The third-order valence-corrected chi connectivity index (χ3v) is 3.08. The minimum absolute atomic E-state index is 0.101. The maximum Gasteiger partial charge on any atom is 0.272 e. The third kappa shape index (κ3) is 1.89. The highest BCUT2D eigenvalue weighted by molar-refractivity contribution is 6.04. The highest BCUT2D eigenvalue weighted by Gasteiger charge is 2.20. The zero-order valence-electron chi connectivity index (χ0n) is 9.36. The number of hydrogen-bond acceptors (Lipinski definition) is 3. The van der Waals surface area contributed by atoms with Crippen LogP contribution in [0, 0.1) is 0 Å². The van der Waals surface area contributed by atoms with Crippen molar-refractivity contribution in [3.63, 3.8) is 0 Å². The normalized spacial score (nSPS) is 19.6. The van der Waals surface area contributed by atoms with Gasteiger partial charge < -0.3 is 10.6 Å². The second-order valence-corrected chi connectivity index (χ2v) is 4.28. The van der Waals surface area contributed by atoms with Gasteiger partial charge in [-0.25, -0.2) is 0 Å². The van der Waals surface area contributed by atoms with Crippen LogP contribution in [0.3, 0.4) is 0 Å². The van der Waals surface area contributed by atoms with E-state index >= 15 is 0 Å². The average Bonchev–Trinajstić information content (AvgIpc) is 2.96. The van der Waals surface area contributed by atoms with Gasteiger partial charge in [-0.1, -0.05) is 18.2 Å². The molecule has 2 heterocycles. The number of H-pyrrole nitrogens is 1. The first-order valence-corrected chi connectivity index (χ1v) is 5.79. The van der Waals surface area contributed by atoms with Crippen molar-refractivity contribution < 1.29 is 4.79 Å². The second-order valence-electron chi connectivity index (χ2n) is 4.28. The van der Waals surface area contributed by atoms with Crippen LogP contribution in [0.5, 0.6) is 0 Å². The molecule has 3 N–H and O–H groups in total. The van der Waals surface area contributed by atoms with Crippen molar-refractivity contribution in [2.75, 3.05) is 13.1 Å². The summed E-state index contributed by atoms with van der Waals surface area (Å²) < 4.78 is 0. The summed E-state index contributed by atoms with van der Waals surface area (Å²) in [5.74, 6) is -0.101. The van der Waals surface area contributed by atoms with E-state index in [0.717, 1.165) is 30.4 Å². The SMILES string of the molecule is O=C(N[C@H]1CCNC1)c1n[nH]c2ccccc12. The Morgan fingerprint density at radius 3 is 3.12 bits per heavy atom. The highest BCUT2D eigenvalue weighted by atomic mass is 16.2. The minimum Gasteiger partial charge on any atom is -0.347 e. The van der Waals surface area contributed by atoms with Crippen LogP contribution in [0.15, 0.2) is 24.3 Å². The topological polar surface area (TPSA) is 69.8 Å². The van der Waals surface area contributed by atoms with Gasteiger partial charge >= 0.3 is 0 Å². The average molecular weight is 230 g/mol. The van der Waals surface area contributed by atoms with Crippen molar-refractivity contribution in [2.45, 2.75) is 12.5 Å². The van der Waals surface area contributed by atoms with E-state index in [4.69, 9.17) is 0 Å². The molecule has 0 spiro atoms. The summed E-state index contributed by atoms with van der Waals surface area (Å²) in [5.41, 5.74) is 1.37. The Kier molecular flexibility index (Phi) is 2.53. The predicted octanol–water partition coefficient (Wildman–Crippen LogP) is 0.655. The van der Waals surface area contributed by atoms with Gasteiger partial charge in [0.25, 0.3) is 5.91 Å². The first kappa shape index (κ1) is 10.3. The van der Waals surface area contributed by atoms with Gasteiger partial charge in [-0.3, -0.25) is 9.89 Å². The minimum atomic E-state index is -0.101. The number of fused-ring (bicyclic) bond motifs is 1. The predicted molar refractivity (Wildman–Crippen MR) is 64.8 cm³/mol. The second kappa shape index (κ2) is 4.18. The Labute approximate surface area is 98.6 Å². The first-order chi connectivity index (χ1) is 8.34. The lowest BCUT2D eigenvalue weighted by Crippen LogP contribution is -2.36. The van der Waals surface area contributed by atoms with Crippen LogP contribution in [0.4, 0.5) is 0 Å². The zero-order valence-corrected chi connectivity index (χ0v) is 9.36. The first-order valence-electron chi connectivity index (χ1n) is 5.79. The number of hydrogen-bond donors (Lipinski definition) is 3. The smallest absolute Gasteiger partial charge is 0.272 e. The largest absolute Gasteiger partial charge is 0.347 e. The van der Waals surface area contributed by atoms with E-state index in [1.165, 1.54) is 0 Å². The third-order valence-electron chi connectivity index (χ3n) is 3.08. The molecule has 2 aromatic rings. The molecular formula is C12H14N4O. The summed E-state index contributed by atoms with van der Waals surface area (Å²) in [6, 6.07) is 7.86. The van der Waals surface area contributed by atoms with E-state index < -0.39 is 0 Å². The highest BCUT2D eigenvalue weighted by Crippen LogP contribution is 2.15. The van der Waals surface area contributed by atoms with Gasteiger partial charge in [-0.2, -0.15) is 5.10 Å². The number of nitrogens with zero attached hydrogens (tertiary/aromatic N) is 1. The molecule has 0 radical (unpaired) electrons. The maximum atomic E-state index is 12.1. The number of carbonyl (C=O) groups is 1.